The number of H-pyrrole nitrogens is 1. The van der Waals surface area contributed by atoms with E-state index in [1.165, 1.54) is 44.9 Å². The van der Waals surface area contributed by atoms with E-state index in [-0.39, 0.29) is 12.5 Å². The number of rotatable bonds is 10. The third-order valence-electron chi connectivity index (χ3n) is 13.7. The SMILES string of the molecule is Cc1nc(-c2ncn[nH]2)ccc1-c1cnc2c(n1)N(CCCCCCO[C@H]1CC[C@H]3[C@@H]4CC[C@H]5CC(=O)CC[C@]5(C)[C@H]4CC[C@]13C)C(=O)CN2. The van der Waals surface area contributed by atoms with Crippen LogP contribution >= 0.6 is 0 Å². The molecule has 50 heavy (non-hydrogen) atoms. The van der Waals surface area contributed by atoms with Gasteiger partial charge in [0.1, 0.15) is 17.8 Å². The highest BCUT2D eigenvalue weighted by molar-refractivity contribution is 6.00. The van der Waals surface area contributed by atoms with Gasteiger partial charge in [-0.3, -0.25) is 19.6 Å². The summed E-state index contributed by atoms with van der Waals surface area (Å²) in [7, 11) is 0. The van der Waals surface area contributed by atoms with Gasteiger partial charge < -0.3 is 10.1 Å². The van der Waals surface area contributed by atoms with Crippen molar-refractivity contribution >= 4 is 23.3 Å². The van der Waals surface area contributed by atoms with Crippen molar-refractivity contribution in [2.45, 2.75) is 110 Å². The summed E-state index contributed by atoms with van der Waals surface area (Å²) in [6, 6.07) is 3.85. The summed E-state index contributed by atoms with van der Waals surface area (Å²) < 4.78 is 6.71. The zero-order chi connectivity index (χ0) is 34.5. The molecular weight excluding hydrogens is 628 g/mol. The Labute approximate surface area is 295 Å². The van der Waals surface area contributed by atoms with E-state index in [2.05, 4.69) is 44.3 Å². The number of aryl methyl sites for hydroxylation is 1. The molecule has 4 aliphatic carbocycles. The third-order valence-corrected chi connectivity index (χ3v) is 13.7. The zero-order valence-electron chi connectivity index (χ0n) is 29.9. The molecule has 0 unspecified atom stereocenters. The van der Waals surface area contributed by atoms with Gasteiger partial charge in [0.25, 0.3) is 0 Å². The van der Waals surface area contributed by atoms with Crippen molar-refractivity contribution < 1.29 is 14.3 Å². The Morgan fingerprint density at radius 2 is 1.78 bits per heavy atom. The first kappa shape index (κ1) is 33.4. The van der Waals surface area contributed by atoms with Crippen molar-refractivity contribution in [2.75, 3.05) is 29.9 Å². The Hall–Kier alpha value is -3.73. The van der Waals surface area contributed by atoms with Crippen LogP contribution in [0, 0.1) is 41.4 Å². The number of ketones is 1. The number of aromatic amines is 1. The van der Waals surface area contributed by atoms with Crippen LogP contribution in [0.2, 0.25) is 0 Å². The lowest BCUT2D eigenvalue weighted by Gasteiger charge is -2.60. The van der Waals surface area contributed by atoms with Gasteiger partial charge in [-0.1, -0.05) is 26.7 Å². The molecular formula is C39H52N8O3. The number of ether oxygens (including phenoxy) is 1. The molecule has 1 amide bonds. The first-order valence-corrected chi connectivity index (χ1v) is 19.1. The molecule has 0 bridgehead atoms. The first-order valence-electron chi connectivity index (χ1n) is 19.1. The Morgan fingerprint density at radius 3 is 2.62 bits per heavy atom. The molecule has 0 spiro atoms. The molecule has 0 saturated heterocycles. The predicted molar refractivity (Wildman–Crippen MR) is 191 cm³/mol. The summed E-state index contributed by atoms with van der Waals surface area (Å²) in [4.78, 5) is 45.5. The fraction of sp³-hybridized carbons (Fsp3) is 0.667. The highest BCUT2D eigenvalue weighted by atomic mass is 16.5. The fourth-order valence-electron chi connectivity index (χ4n) is 10.9. The number of Topliss-reactive ketones (excluding diaryl/α,β-unsaturated/α-hetero) is 1. The number of unbranched alkanes of at least 4 members (excludes halogenated alkanes) is 3. The predicted octanol–water partition coefficient (Wildman–Crippen LogP) is 6.95. The Balaban J connectivity index is 0.822. The number of hydrogen-bond donors (Lipinski definition) is 2. The van der Waals surface area contributed by atoms with Crippen molar-refractivity contribution in [1.82, 2.24) is 30.1 Å². The molecule has 11 nitrogen and oxygen atoms in total. The number of hydrogen-bond acceptors (Lipinski definition) is 9. The third kappa shape index (κ3) is 5.93. The van der Waals surface area contributed by atoms with Crippen LogP contribution in [0.25, 0.3) is 22.8 Å². The largest absolute Gasteiger partial charge is 0.378 e. The van der Waals surface area contributed by atoms with Gasteiger partial charge in [0.15, 0.2) is 17.5 Å². The maximum absolute atomic E-state index is 13.0. The molecule has 5 aliphatic rings. The molecule has 4 fully saturated rings. The van der Waals surface area contributed by atoms with Crippen LogP contribution in [0.4, 0.5) is 11.6 Å². The standard InChI is InChI=1S/C39H52N8O3/c1-24-27(10-12-31(44-24)35-42-23-43-46-35)32-21-40-36-37(45-32)47(34(49)22-41-36)18-6-4-5-7-19-50-33-13-11-29-28-9-8-25-20-26(48)14-16-38(25,2)30(28)15-17-39(29,33)3/h10,12,21,23,25,28-30,33H,4-9,11,13-20,22H2,1-3H3,(H,40,41)(H,42,43,46)/t25-,28-,29-,30-,33-,38-,39-/m0/s1. The zero-order valence-corrected chi connectivity index (χ0v) is 29.9. The summed E-state index contributed by atoms with van der Waals surface area (Å²) in [5.74, 6) is 5.33. The number of aromatic nitrogens is 6. The first-order chi connectivity index (χ1) is 24.2. The van der Waals surface area contributed by atoms with Gasteiger partial charge in [-0.15, -0.1) is 0 Å². The topological polar surface area (TPSA) is 139 Å². The van der Waals surface area contributed by atoms with E-state index < -0.39 is 0 Å². The van der Waals surface area contributed by atoms with E-state index in [0.717, 1.165) is 80.6 Å². The van der Waals surface area contributed by atoms with Gasteiger partial charge in [-0.25, -0.2) is 19.9 Å². The second-order valence-corrected chi connectivity index (χ2v) is 16.3. The average molecular weight is 681 g/mol. The molecule has 8 rings (SSSR count). The molecule has 4 heterocycles. The van der Waals surface area contributed by atoms with Crippen molar-refractivity contribution in [3.8, 4) is 22.8 Å². The average Bonchev–Trinajstić information content (AvgIpc) is 3.77. The highest BCUT2D eigenvalue weighted by Crippen LogP contribution is 2.66. The summed E-state index contributed by atoms with van der Waals surface area (Å²) in [6.45, 7) is 8.66. The molecule has 4 saturated carbocycles. The van der Waals surface area contributed by atoms with E-state index in [9.17, 15) is 9.59 Å². The van der Waals surface area contributed by atoms with Crippen LogP contribution < -0.4 is 10.2 Å². The molecule has 3 aromatic heterocycles. The molecule has 0 aromatic carbocycles. The van der Waals surface area contributed by atoms with Gasteiger partial charge in [0.2, 0.25) is 5.91 Å². The quantitative estimate of drug-likeness (QED) is 0.218. The Bertz CT molecular complexity index is 1730. The number of amides is 1. The highest BCUT2D eigenvalue weighted by Gasteiger charge is 2.60. The van der Waals surface area contributed by atoms with Crippen LogP contribution in [0.3, 0.4) is 0 Å². The number of carbonyl (C=O) groups is 2. The number of nitrogens with zero attached hydrogens (tertiary/aromatic N) is 6. The van der Waals surface area contributed by atoms with Crippen LogP contribution in [-0.2, 0) is 14.3 Å². The fourth-order valence-corrected chi connectivity index (χ4v) is 10.9. The summed E-state index contributed by atoms with van der Waals surface area (Å²) in [5, 5.41) is 9.90. The van der Waals surface area contributed by atoms with Crippen LogP contribution in [-0.4, -0.2) is 67.6 Å². The molecule has 7 atom stereocenters. The normalized spacial score (nSPS) is 31.8. The molecule has 266 valence electrons. The smallest absolute Gasteiger partial charge is 0.247 e. The van der Waals surface area contributed by atoms with Gasteiger partial charge >= 0.3 is 0 Å². The molecule has 3 aromatic rings. The summed E-state index contributed by atoms with van der Waals surface area (Å²) in [5.41, 5.74) is 3.70. The number of anilines is 2. The van der Waals surface area contributed by atoms with Gasteiger partial charge in [0.05, 0.1) is 24.5 Å². The maximum atomic E-state index is 13.0. The minimum Gasteiger partial charge on any atom is -0.378 e. The van der Waals surface area contributed by atoms with E-state index in [4.69, 9.17) is 9.72 Å². The van der Waals surface area contributed by atoms with Crippen molar-refractivity contribution in [2.24, 2.45) is 34.5 Å². The number of carbonyl (C=O) groups excluding carboxylic acids is 2. The molecule has 2 N–H and O–H groups in total. The van der Waals surface area contributed by atoms with Crippen LogP contribution in [0.15, 0.2) is 24.7 Å². The lowest BCUT2D eigenvalue weighted by Crippen LogP contribution is -2.54. The Kier molecular flexibility index (Phi) is 8.98. The lowest BCUT2D eigenvalue weighted by molar-refractivity contribution is -0.145. The monoisotopic (exact) mass is 680 g/mol. The van der Waals surface area contributed by atoms with Crippen molar-refractivity contribution in [1.29, 1.82) is 0 Å². The van der Waals surface area contributed by atoms with Crippen LogP contribution in [0.1, 0.15) is 103 Å². The number of pyridine rings is 1. The second kappa shape index (κ2) is 13.4. The number of fused-ring (bicyclic) bond motifs is 6. The van der Waals surface area contributed by atoms with Gasteiger partial charge in [0, 0.05) is 37.3 Å². The molecule has 11 heteroatoms. The van der Waals surface area contributed by atoms with Crippen molar-refractivity contribution in [3.63, 3.8) is 0 Å². The lowest BCUT2D eigenvalue weighted by atomic mass is 9.45. The minimum absolute atomic E-state index is 0.0148. The minimum atomic E-state index is 0.0148. The maximum Gasteiger partial charge on any atom is 0.247 e. The summed E-state index contributed by atoms with van der Waals surface area (Å²) >= 11 is 0. The van der Waals surface area contributed by atoms with E-state index in [1.54, 1.807) is 11.1 Å². The van der Waals surface area contributed by atoms with Gasteiger partial charge in [-0.2, -0.15) is 5.10 Å². The second-order valence-electron chi connectivity index (χ2n) is 16.3. The Morgan fingerprint density at radius 1 is 0.920 bits per heavy atom. The number of nitrogens with one attached hydrogen (secondary N) is 2. The van der Waals surface area contributed by atoms with Crippen molar-refractivity contribution in [3.05, 3.63) is 30.4 Å². The van der Waals surface area contributed by atoms with E-state index in [0.29, 0.717) is 64.0 Å². The summed E-state index contributed by atoms with van der Waals surface area (Å²) in [6.07, 6.45) is 18.0. The molecule has 0 radical (unpaired) electrons. The van der Waals surface area contributed by atoms with Gasteiger partial charge in [-0.05, 0) is 111 Å². The van der Waals surface area contributed by atoms with E-state index in [1.807, 2.05) is 19.1 Å². The van der Waals surface area contributed by atoms with E-state index >= 15 is 0 Å². The van der Waals surface area contributed by atoms with Crippen LogP contribution in [0.5, 0.6) is 0 Å². The molecule has 1 aliphatic heterocycles.